The van der Waals surface area contributed by atoms with Crippen LogP contribution in [-0.4, -0.2) is 19.6 Å². The molecule has 0 spiro atoms. The minimum atomic E-state index is -0.342. The summed E-state index contributed by atoms with van der Waals surface area (Å²) < 4.78 is 15.6. The Kier molecular flexibility index (Phi) is 2.53. The Balaban J connectivity index is 1.95. The minimum absolute atomic E-state index is 0.342. The number of nitrogens with one attached hydrogen (secondary N) is 1. The van der Waals surface area contributed by atoms with Crippen LogP contribution in [0.5, 0.6) is 0 Å². The number of para-hydroxylation sites is 3. The van der Waals surface area contributed by atoms with Gasteiger partial charge < -0.3 is 5.32 Å². The molecule has 4 rings (SSSR count). The van der Waals surface area contributed by atoms with Gasteiger partial charge in [-0.05, 0) is 24.3 Å². The second kappa shape index (κ2) is 4.52. The lowest BCUT2D eigenvalue weighted by atomic mass is 10.3. The monoisotopic (exact) mass is 279 g/mol. The van der Waals surface area contributed by atoms with Gasteiger partial charge in [-0.2, -0.15) is 0 Å². The van der Waals surface area contributed by atoms with Gasteiger partial charge in [-0.25, -0.2) is 9.37 Å². The number of halogens is 1. The van der Waals surface area contributed by atoms with E-state index in [1.54, 1.807) is 24.5 Å². The van der Waals surface area contributed by atoms with Crippen molar-refractivity contribution in [2.24, 2.45) is 0 Å². The van der Waals surface area contributed by atoms with E-state index in [1.165, 1.54) is 6.07 Å². The molecule has 102 valence electrons. The van der Waals surface area contributed by atoms with Crippen LogP contribution in [0.4, 0.5) is 15.9 Å². The van der Waals surface area contributed by atoms with Gasteiger partial charge in [0.15, 0.2) is 5.82 Å². The number of rotatable bonds is 2. The van der Waals surface area contributed by atoms with Crippen molar-refractivity contribution >= 4 is 28.2 Å². The highest BCUT2D eigenvalue weighted by Gasteiger charge is 2.11. The van der Waals surface area contributed by atoms with Gasteiger partial charge in [0.05, 0.1) is 16.7 Å². The maximum atomic E-state index is 13.8. The van der Waals surface area contributed by atoms with E-state index in [2.05, 4.69) is 20.5 Å². The molecule has 5 nitrogen and oxygen atoms in total. The summed E-state index contributed by atoms with van der Waals surface area (Å²) >= 11 is 0. The lowest BCUT2D eigenvalue weighted by Crippen LogP contribution is -2.01. The standard InChI is InChI=1S/C15H10FN5/c16-10-5-1-2-6-11(10)18-14-15-20-17-9-21(15)13-8-4-3-7-12(13)19-14/h1-9H,(H,18,19). The molecule has 1 N–H and O–H groups in total. The minimum Gasteiger partial charge on any atom is -0.335 e. The van der Waals surface area contributed by atoms with E-state index in [-0.39, 0.29) is 5.82 Å². The number of aromatic nitrogens is 4. The van der Waals surface area contributed by atoms with Crippen molar-refractivity contribution < 1.29 is 4.39 Å². The number of hydrogen-bond acceptors (Lipinski definition) is 4. The fourth-order valence-corrected chi connectivity index (χ4v) is 2.28. The number of hydrogen-bond donors (Lipinski definition) is 1. The fourth-order valence-electron chi connectivity index (χ4n) is 2.28. The Bertz CT molecular complexity index is 947. The lowest BCUT2D eigenvalue weighted by molar-refractivity contribution is 0.632. The number of fused-ring (bicyclic) bond motifs is 3. The van der Waals surface area contributed by atoms with Crippen molar-refractivity contribution in [1.82, 2.24) is 19.6 Å². The van der Waals surface area contributed by atoms with Crippen LogP contribution < -0.4 is 5.32 Å². The molecule has 0 amide bonds. The third-order valence-electron chi connectivity index (χ3n) is 3.26. The second-order valence-corrected chi connectivity index (χ2v) is 4.58. The molecule has 6 heteroatoms. The topological polar surface area (TPSA) is 55.1 Å². The Labute approximate surface area is 119 Å². The average Bonchev–Trinajstić information content (AvgIpc) is 3.00. The van der Waals surface area contributed by atoms with Gasteiger partial charge in [0.1, 0.15) is 12.1 Å². The summed E-state index contributed by atoms with van der Waals surface area (Å²) in [6, 6.07) is 14.1. The number of nitrogens with zero attached hydrogens (tertiary/aromatic N) is 4. The van der Waals surface area contributed by atoms with Crippen LogP contribution in [0.15, 0.2) is 54.9 Å². The number of benzene rings is 2. The molecule has 4 aromatic rings. The summed E-state index contributed by atoms with van der Waals surface area (Å²) in [4.78, 5) is 4.51. The van der Waals surface area contributed by atoms with Crippen LogP contribution in [-0.2, 0) is 0 Å². The number of anilines is 2. The molecule has 0 radical (unpaired) electrons. The first-order chi connectivity index (χ1) is 10.3. The van der Waals surface area contributed by atoms with Crippen LogP contribution in [0.25, 0.3) is 16.7 Å². The Morgan fingerprint density at radius 1 is 1.00 bits per heavy atom. The zero-order valence-electron chi connectivity index (χ0n) is 10.9. The van der Waals surface area contributed by atoms with Crippen molar-refractivity contribution in [2.75, 3.05) is 5.32 Å². The van der Waals surface area contributed by atoms with Gasteiger partial charge in [0.2, 0.25) is 5.65 Å². The second-order valence-electron chi connectivity index (χ2n) is 4.58. The Morgan fingerprint density at radius 2 is 1.81 bits per heavy atom. The van der Waals surface area contributed by atoms with Gasteiger partial charge in [-0.15, -0.1) is 10.2 Å². The lowest BCUT2D eigenvalue weighted by Gasteiger charge is -2.09. The van der Waals surface area contributed by atoms with Gasteiger partial charge in [-0.1, -0.05) is 24.3 Å². The molecule has 0 saturated heterocycles. The van der Waals surface area contributed by atoms with Crippen LogP contribution in [0.2, 0.25) is 0 Å². The maximum Gasteiger partial charge on any atom is 0.204 e. The van der Waals surface area contributed by atoms with Crippen molar-refractivity contribution in [3.63, 3.8) is 0 Å². The fraction of sp³-hybridized carbons (Fsp3) is 0. The third-order valence-corrected chi connectivity index (χ3v) is 3.26. The van der Waals surface area contributed by atoms with Crippen LogP contribution >= 0.6 is 0 Å². The molecule has 0 aliphatic heterocycles. The van der Waals surface area contributed by atoms with E-state index < -0.39 is 0 Å². The highest BCUT2D eigenvalue weighted by Crippen LogP contribution is 2.24. The first-order valence-electron chi connectivity index (χ1n) is 6.43. The van der Waals surface area contributed by atoms with Gasteiger partial charge in [0, 0.05) is 0 Å². The maximum absolute atomic E-state index is 13.8. The molecule has 0 bridgehead atoms. The molecule has 0 fully saturated rings. The van der Waals surface area contributed by atoms with Crippen LogP contribution in [0, 0.1) is 5.82 Å². The molecule has 2 heterocycles. The first kappa shape index (κ1) is 11.8. The van der Waals surface area contributed by atoms with E-state index in [4.69, 9.17) is 0 Å². The molecule has 0 atom stereocenters. The van der Waals surface area contributed by atoms with Gasteiger partial charge >= 0.3 is 0 Å². The van der Waals surface area contributed by atoms with Gasteiger partial charge in [0.25, 0.3) is 0 Å². The van der Waals surface area contributed by atoms with Crippen molar-refractivity contribution in [3.8, 4) is 0 Å². The predicted molar refractivity (Wildman–Crippen MR) is 78.0 cm³/mol. The first-order valence-corrected chi connectivity index (χ1v) is 6.43. The molecule has 2 aromatic carbocycles. The largest absolute Gasteiger partial charge is 0.335 e. The zero-order valence-corrected chi connectivity index (χ0v) is 10.9. The molecular formula is C15H10FN5. The molecule has 2 aromatic heterocycles. The average molecular weight is 279 g/mol. The van der Waals surface area contributed by atoms with Crippen molar-refractivity contribution in [3.05, 3.63) is 60.7 Å². The summed E-state index contributed by atoms with van der Waals surface area (Å²) in [5.74, 6) is 0.126. The molecular weight excluding hydrogens is 269 g/mol. The van der Waals surface area contributed by atoms with Gasteiger partial charge in [-0.3, -0.25) is 4.40 Å². The third kappa shape index (κ3) is 1.88. The SMILES string of the molecule is Fc1ccccc1Nc1nc2ccccc2n2cnnc12. The van der Waals surface area contributed by atoms with Crippen LogP contribution in [0.1, 0.15) is 0 Å². The Hall–Kier alpha value is -3.02. The zero-order chi connectivity index (χ0) is 14.2. The molecule has 0 aliphatic carbocycles. The van der Waals surface area contributed by atoms with Crippen molar-refractivity contribution in [2.45, 2.75) is 0 Å². The Morgan fingerprint density at radius 3 is 2.71 bits per heavy atom. The van der Waals surface area contributed by atoms with E-state index in [0.717, 1.165) is 11.0 Å². The predicted octanol–water partition coefficient (Wildman–Crippen LogP) is 3.16. The summed E-state index contributed by atoms with van der Waals surface area (Å²) in [5, 5.41) is 11.0. The summed E-state index contributed by atoms with van der Waals surface area (Å²) in [6.07, 6.45) is 1.62. The van der Waals surface area contributed by atoms with Crippen molar-refractivity contribution in [1.29, 1.82) is 0 Å². The quantitative estimate of drug-likeness (QED) is 0.612. The molecule has 0 saturated carbocycles. The smallest absolute Gasteiger partial charge is 0.204 e. The summed E-state index contributed by atoms with van der Waals surface area (Å²) in [7, 11) is 0. The molecule has 0 unspecified atom stereocenters. The van der Waals surface area contributed by atoms with E-state index in [1.807, 2.05) is 28.7 Å². The van der Waals surface area contributed by atoms with Crippen LogP contribution in [0.3, 0.4) is 0 Å². The molecule has 0 aliphatic rings. The summed E-state index contributed by atoms with van der Waals surface area (Å²) in [5.41, 5.74) is 2.59. The summed E-state index contributed by atoms with van der Waals surface area (Å²) in [6.45, 7) is 0. The molecule has 21 heavy (non-hydrogen) atoms. The van der Waals surface area contributed by atoms with E-state index >= 15 is 0 Å². The van der Waals surface area contributed by atoms with E-state index in [9.17, 15) is 4.39 Å². The normalized spacial score (nSPS) is 11.1. The highest BCUT2D eigenvalue weighted by molar-refractivity contribution is 5.83. The highest BCUT2D eigenvalue weighted by atomic mass is 19.1. The van der Waals surface area contributed by atoms with E-state index in [0.29, 0.717) is 17.2 Å².